The zero-order valence-electron chi connectivity index (χ0n) is 23.4. The largest absolute Gasteiger partial charge is 0.465 e. The quantitative estimate of drug-likeness (QED) is 0.236. The Balaban J connectivity index is 1.18. The molecule has 2 aromatic heterocycles. The molecule has 212 valence electrons. The van der Waals surface area contributed by atoms with Crippen molar-refractivity contribution in [2.45, 2.75) is 50.9 Å². The highest BCUT2D eigenvalue weighted by Crippen LogP contribution is 2.31. The molecule has 2 N–H and O–H groups in total. The maximum absolute atomic E-state index is 12.9. The zero-order chi connectivity index (χ0) is 28.3. The summed E-state index contributed by atoms with van der Waals surface area (Å²) in [7, 11) is 2.12. The fourth-order valence-corrected chi connectivity index (χ4v) is 6.56. The van der Waals surface area contributed by atoms with E-state index in [9.17, 15) is 14.7 Å². The lowest BCUT2D eigenvalue weighted by atomic mass is 9.93. The first-order chi connectivity index (χ1) is 20.0. The van der Waals surface area contributed by atoms with Gasteiger partial charge < -0.3 is 19.6 Å². The number of hydrogen-bond acceptors (Lipinski definition) is 3. The van der Waals surface area contributed by atoms with Gasteiger partial charge in [-0.2, -0.15) is 0 Å². The Labute approximate surface area is 239 Å². The first-order valence-electron chi connectivity index (χ1n) is 14.5. The third-order valence-electron chi connectivity index (χ3n) is 8.62. The number of likely N-dealkylation sites (tertiary alicyclic amines) is 1. The second-order valence-electron chi connectivity index (χ2n) is 11.2. The van der Waals surface area contributed by atoms with Gasteiger partial charge in [0.1, 0.15) is 0 Å². The van der Waals surface area contributed by atoms with Gasteiger partial charge in [-0.05, 0) is 67.4 Å². The highest BCUT2D eigenvalue weighted by Gasteiger charge is 2.33. The molecule has 0 spiro atoms. The second kappa shape index (κ2) is 11.7. The normalized spacial score (nSPS) is 17.6. The van der Waals surface area contributed by atoms with Crippen LogP contribution in [0.1, 0.15) is 43.0 Å². The van der Waals surface area contributed by atoms with Crippen LogP contribution in [0, 0.1) is 0 Å². The SMILES string of the molecule is Cn1c(CN(CCCC2CC(n3c(=O)[nH]c4ccccc43)CCN2C(=O)O)Cc2ccccc2)cc2ccccc21. The highest BCUT2D eigenvalue weighted by molar-refractivity contribution is 5.81. The fraction of sp³-hybridized carbons (Fsp3) is 0.333. The van der Waals surface area contributed by atoms with E-state index in [4.69, 9.17) is 0 Å². The van der Waals surface area contributed by atoms with Gasteiger partial charge in [-0.3, -0.25) is 9.47 Å². The predicted octanol–water partition coefficient (Wildman–Crippen LogP) is 5.99. The van der Waals surface area contributed by atoms with E-state index in [0.29, 0.717) is 19.4 Å². The Morgan fingerprint density at radius 2 is 1.71 bits per heavy atom. The van der Waals surface area contributed by atoms with Crippen LogP contribution >= 0.6 is 0 Å². The van der Waals surface area contributed by atoms with E-state index in [-0.39, 0.29) is 17.8 Å². The Kier molecular flexibility index (Phi) is 7.65. The number of carboxylic acid groups (broad SMARTS) is 1. The average molecular weight is 552 g/mol. The molecule has 6 rings (SSSR count). The molecule has 3 heterocycles. The number of piperidine rings is 1. The number of hydrogen-bond donors (Lipinski definition) is 2. The molecule has 3 aromatic carbocycles. The summed E-state index contributed by atoms with van der Waals surface area (Å²) in [6.07, 6.45) is 2.00. The van der Waals surface area contributed by atoms with E-state index in [1.165, 1.54) is 22.2 Å². The number of nitrogens with one attached hydrogen (secondary N) is 1. The molecule has 5 aromatic rings. The van der Waals surface area contributed by atoms with Crippen LogP contribution in [0.4, 0.5) is 4.79 Å². The van der Waals surface area contributed by atoms with Crippen molar-refractivity contribution in [1.29, 1.82) is 0 Å². The molecule has 2 atom stereocenters. The minimum absolute atomic E-state index is 0.0320. The molecule has 1 fully saturated rings. The number of carbonyl (C=O) groups is 1. The maximum atomic E-state index is 12.9. The molecule has 0 aliphatic carbocycles. The molecule has 8 nitrogen and oxygen atoms in total. The smallest absolute Gasteiger partial charge is 0.407 e. The Bertz CT molecular complexity index is 1700. The Hall–Kier alpha value is -4.30. The highest BCUT2D eigenvalue weighted by atomic mass is 16.4. The molecule has 1 aliphatic heterocycles. The van der Waals surface area contributed by atoms with Crippen molar-refractivity contribution in [3.8, 4) is 0 Å². The number of rotatable bonds is 9. The average Bonchev–Trinajstić information content (AvgIpc) is 3.48. The van der Waals surface area contributed by atoms with E-state index in [1.54, 1.807) is 4.90 Å². The summed E-state index contributed by atoms with van der Waals surface area (Å²) in [5.41, 5.74) is 5.32. The van der Waals surface area contributed by atoms with Gasteiger partial charge in [0.2, 0.25) is 0 Å². The van der Waals surface area contributed by atoms with Crippen molar-refractivity contribution in [1.82, 2.24) is 23.9 Å². The van der Waals surface area contributed by atoms with Crippen LogP contribution < -0.4 is 5.69 Å². The molecule has 1 aliphatic rings. The number of fused-ring (bicyclic) bond motifs is 2. The maximum Gasteiger partial charge on any atom is 0.407 e. The van der Waals surface area contributed by atoms with Gasteiger partial charge in [0.05, 0.1) is 11.0 Å². The lowest BCUT2D eigenvalue weighted by Crippen LogP contribution is -2.47. The van der Waals surface area contributed by atoms with E-state index < -0.39 is 6.09 Å². The first kappa shape index (κ1) is 26.9. The summed E-state index contributed by atoms with van der Waals surface area (Å²) in [4.78, 5) is 32.1. The number of imidazole rings is 1. The molecule has 0 bridgehead atoms. The summed E-state index contributed by atoms with van der Waals surface area (Å²) >= 11 is 0. The van der Waals surface area contributed by atoms with E-state index in [1.807, 2.05) is 34.9 Å². The van der Waals surface area contributed by atoms with Crippen LogP contribution in [0.5, 0.6) is 0 Å². The molecule has 8 heteroatoms. The molecular weight excluding hydrogens is 514 g/mol. The van der Waals surface area contributed by atoms with Crippen LogP contribution in [0.2, 0.25) is 0 Å². The molecule has 41 heavy (non-hydrogen) atoms. The van der Waals surface area contributed by atoms with E-state index in [2.05, 4.69) is 76.1 Å². The van der Waals surface area contributed by atoms with Crippen molar-refractivity contribution in [2.75, 3.05) is 13.1 Å². The molecule has 2 unspecified atom stereocenters. The molecular formula is C33H37N5O3. The molecule has 1 saturated heterocycles. The standard InChI is InChI=1S/C33H37N5O3/c1-35-28(20-25-12-5-7-15-30(25)35)23-36(22-24-10-3-2-4-11-24)18-9-13-26-21-27(17-19-37(26)33(40)41)38-31-16-8-6-14-29(31)34-32(38)39/h2-8,10-12,14-16,20,26-27H,9,13,17-19,21-23H2,1H3,(H,34,39)(H,40,41). The van der Waals surface area contributed by atoms with Gasteiger partial charge in [0, 0.05) is 50.0 Å². The number of aryl methyl sites for hydroxylation is 1. The van der Waals surface area contributed by atoms with Crippen LogP contribution in [0.3, 0.4) is 0 Å². The lowest BCUT2D eigenvalue weighted by molar-refractivity contribution is 0.0853. The first-order valence-corrected chi connectivity index (χ1v) is 14.5. The fourth-order valence-electron chi connectivity index (χ4n) is 6.56. The number of H-pyrrole nitrogens is 1. The van der Waals surface area contributed by atoms with Gasteiger partial charge in [-0.1, -0.05) is 60.7 Å². The van der Waals surface area contributed by atoms with Crippen LogP contribution in [0.25, 0.3) is 21.9 Å². The second-order valence-corrected chi connectivity index (χ2v) is 11.2. The Morgan fingerprint density at radius 3 is 2.49 bits per heavy atom. The zero-order valence-corrected chi connectivity index (χ0v) is 23.4. The number of para-hydroxylation sites is 3. The third kappa shape index (κ3) is 5.65. The molecule has 0 radical (unpaired) electrons. The lowest BCUT2D eigenvalue weighted by Gasteiger charge is -2.38. The molecule has 1 amide bonds. The summed E-state index contributed by atoms with van der Waals surface area (Å²) in [6.45, 7) is 2.90. The van der Waals surface area contributed by atoms with Crippen molar-refractivity contribution in [3.63, 3.8) is 0 Å². The van der Waals surface area contributed by atoms with Crippen molar-refractivity contribution in [2.24, 2.45) is 7.05 Å². The minimum Gasteiger partial charge on any atom is -0.465 e. The monoisotopic (exact) mass is 551 g/mol. The van der Waals surface area contributed by atoms with Crippen molar-refractivity contribution >= 4 is 28.0 Å². The van der Waals surface area contributed by atoms with Crippen LogP contribution in [-0.4, -0.2) is 54.2 Å². The summed E-state index contributed by atoms with van der Waals surface area (Å²) in [5, 5.41) is 11.2. The summed E-state index contributed by atoms with van der Waals surface area (Å²) < 4.78 is 4.10. The van der Waals surface area contributed by atoms with Gasteiger partial charge in [0.25, 0.3) is 0 Å². The predicted molar refractivity (Wildman–Crippen MR) is 162 cm³/mol. The Morgan fingerprint density at radius 1 is 0.976 bits per heavy atom. The van der Waals surface area contributed by atoms with Crippen molar-refractivity contribution in [3.05, 3.63) is 107 Å². The number of nitrogens with zero attached hydrogens (tertiary/aromatic N) is 4. The number of aromatic nitrogens is 3. The van der Waals surface area contributed by atoms with Gasteiger partial charge >= 0.3 is 11.8 Å². The third-order valence-corrected chi connectivity index (χ3v) is 8.62. The summed E-state index contributed by atoms with van der Waals surface area (Å²) in [6, 6.07) is 28.8. The van der Waals surface area contributed by atoms with Gasteiger partial charge in [-0.25, -0.2) is 9.59 Å². The molecule has 0 saturated carbocycles. The van der Waals surface area contributed by atoms with E-state index in [0.717, 1.165) is 43.5 Å². The minimum atomic E-state index is -0.878. The number of aromatic amines is 1. The number of benzene rings is 3. The number of amides is 1. The van der Waals surface area contributed by atoms with Crippen LogP contribution in [0.15, 0.2) is 89.7 Å². The van der Waals surface area contributed by atoms with E-state index >= 15 is 0 Å². The topological polar surface area (TPSA) is 86.5 Å². The van der Waals surface area contributed by atoms with Gasteiger partial charge in [0.15, 0.2) is 0 Å². The van der Waals surface area contributed by atoms with Crippen LogP contribution in [-0.2, 0) is 20.1 Å². The van der Waals surface area contributed by atoms with Gasteiger partial charge in [-0.15, -0.1) is 0 Å². The van der Waals surface area contributed by atoms with Crippen molar-refractivity contribution < 1.29 is 9.90 Å². The summed E-state index contributed by atoms with van der Waals surface area (Å²) in [5.74, 6) is 0.